The second kappa shape index (κ2) is 4.85. The van der Waals surface area contributed by atoms with Crippen molar-refractivity contribution < 1.29 is 19.7 Å². The molecule has 0 radical (unpaired) electrons. The van der Waals surface area contributed by atoms with Crippen molar-refractivity contribution in [1.29, 1.82) is 0 Å². The van der Waals surface area contributed by atoms with E-state index in [4.69, 9.17) is 20.3 Å². The van der Waals surface area contributed by atoms with Gasteiger partial charge in [0.25, 0.3) is 0 Å². The maximum absolute atomic E-state index is 10.0. The summed E-state index contributed by atoms with van der Waals surface area (Å²) in [5.41, 5.74) is 6.48. The Hall–Kier alpha value is -1.97. The van der Waals surface area contributed by atoms with Crippen molar-refractivity contribution in [3.8, 4) is 5.88 Å². The van der Waals surface area contributed by atoms with Gasteiger partial charge in [0, 0.05) is 6.42 Å². The third kappa shape index (κ3) is 1.96. The minimum absolute atomic E-state index is 0.0438. The summed E-state index contributed by atoms with van der Waals surface area (Å²) in [6.45, 7) is -0.152. The Bertz CT molecular complexity index is 631. The quantitative estimate of drug-likeness (QED) is 0.657. The molecule has 1 fully saturated rings. The van der Waals surface area contributed by atoms with Gasteiger partial charge in [-0.15, -0.1) is 0 Å². The number of hydrogen-bond acceptors (Lipinski definition) is 8. The molecule has 2 aromatic rings. The molecule has 2 aromatic heterocycles. The minimum atomic E-state index is -0.758. The number of aliphatic hydroxyl groups is 2. The molecular weight excluding hydrogens is 266 g/mol. The lowest BCUT2D eigenvalue weighted by Crippen LogP contribution is -2.19. The zero-order valence-corrected chi connectivity index (χ0v) is 10.8. The van der Waals surface area contributed by atoms with E-state index >= 15 is 0 Å². The molecular formula is C11H15N5O4. The lowest BCUT2D eigenvalue weighted by atomic mass is 10.2. The van der Waals surface area contributed by atoms with Crippen LogP contribution in [-0.4, -0.2) is 55.7 Å². The molecule has 9 nitrogen and oxygen atoms in total. The van der Waals surface area contributed by atoms with Gasteiger partial charge in [0.1, 0.15) is 6.10 Å². The number of hydrogen-bond donors (Lipinski definition) is 3. The second-order valence-electron chi connectivity index (χ2n) is 4.55. The standard InChI is InChI=1S/C11H15N5O4/c1-19-9-7-8(14-11(12)15-9)16(4-13-7)10-6(18)2-5(3-17)20-10/h4-6,10,17-18H,2-3H2,1H3,(H2,12,14,15)/t5-,6+,10+/m0/s1. The summed E-state index contributed by atoms with van der Waals surface area (Å²) in [6.07, 6.45) is -0.00977. The van der Waals surface area contributed by atoms with E-state index in [1.54, 1.807) is 4.57 Å². The van der Waals surface area contributed by atoms with E-state index in [1.165, 1.54) is 13.4 Å². The molecule has 3 heterocycles. The fourth-order valence-electron chi connectivity index (χ4n) is 2.33. The van der Waals surface area contributed by atoms with Gasteiger partial charge in [0.15, 0.2) is 17.4 Å². The second-order valence-corrected chi connectivity index (χ2v) is 4.55. The summed E-state index contributed by atoms with van der Waals surface area (Å²) in [6, 6.07) is 0. The van der Waals surface area contributed by atoms with Gasteiger partial charge in [0.2, 0.25) is 11.8 Å². The van der Waals surface area contributed by atoms with Crippen molar-refractivity contribution in [2.24, 2.45) is 0 Å². The number of imidazole rings is 1. The Morgan fingerprint density at radius 3 is 3.00 bits per heavy atom. The Kier molecular flexibility index (Phi) is 3.16. The van der Waals surface area contributed by atoms with Crippen molar-refractivity contribution in [2.45, 2.75) is 24.9 Å². The summed E-state index contributed by atoms with van der Waals surface area (Å²) in [4.78, 5) is 12.2. The molecule has 108 valence electrons. The molecule has 4 N–H and O–H groups in total. The molecule has 0 unspecified atom stereocenters. The average molecular weight is 281 g/mol. The fourth-order valence-corrected chi connectivity index (χ4v) is 2.33. The normalized spacial score (nSPS) is 26.2. The van der Waals surface area contributed by atoms with E-state index in [1.807, 2.05) is 0 Å². The Labute approximate surface area is 114 Å². The lowest BCUT2D eigenvalue weighted by Gasteiger charge is -2.16. The van der Waals surface area contributed by atoms with E-state index in [0.29, 0.717) is 17.6 Å². The number of fused-ring (bicyclic) bond motifs is 1. The largest absolute Gasteiger partial charge is 0.479 e. The average Bonchev–Trinajstić information content (AvgIpc) is 3.00. The van der Waals surface area contributed by atoms with Crippen LogP contribution < -0.4 is 10.5 Å². The Balaban J connectivity index is 2.07. The number of rotatable bonds is 3. The summed E-state index contributed by atoms with van der Waals surface area (Å²) in [7, 11) is 1.46. The highest BCUT2D eigenvalue weighted by atomic mass is 16.5. The fraction of sp³-hybridized carbons (Fsp3) is 0.545. The molecule has 1 saturated heterocycles. The Morgan fingerprint density at radius 1 is 1.55 bits per heavy atom. The van der Waals surface area contributed by atoms with Crippen molar-refractivity contribution in [3.63, 3.8) is 0 Å². The van der Waals surface area contributed by atoms with Crippen molar-refractivity contribution >= 4 is 17.1 Å². The zero-order valence-electron chi connectivity index (χ0n) is 10.8. The molecule has 3 atom stereocenters. The van der Waals surface area contributed by atoms with Crippen molar-refractivity contribution in [1.82, 2.24) is 19.5 Å². The molecule has 0 saturated carbocycles. The number of methoxy groups -OCH3 is 1. The summed E-state index contributed by atoms with van der Waals surface area (Å²) in [5, 5.41) is 19.1. The third-order valence-corrected chi connectivity index (χ3v) is 3.24. The topological polar surface area (TPSA) is 129 Å². The number of aromatic nitrogens is 4. The number of anilines is 1. The molecule has 1 aliphatic heterocycles. The van der Waals surface area contributed by atoms with Gasteiger partial charge in [0.05, 0.1) is 26.1 Å². The van der Waals surface area contributed by atoms with Crippen LogP contribution in [0.5, 0.6) is 5.88 Å². The van der Waals surface area contributed by atoms with E-state index < -0.39 is 18.4 Å². The van der Waals surface area contributed by atoms with Gasteiger partial charge < -0.3 is 25.4 Å². The number of nitrogens with zero attached hydrogens (tertiary/aromatic N) is 4. The number of nitrogen functional groups attached to an aromatic ring is 1. The molecule has 3 rings (SSSR count). The molecule has 0 bridgehead atoms. The van der Waals surface area contributed by atoms with Crippen LogP contribution >= 0.6 is 0 Å². The summed E-state index contributed by atoms with van der Waals surface area (Å²) < 4.78 is 12.2. The zero-order chi connectivity index (χ0) is 14.3. The van der Waals surface area contributed by atoms with Gasteiger partial charge in [-0.1, -0.05) is 0 Å². The van der Waals surface area contributed by atoms with E-state index in [2.05, 4.69) is 15.0 Å². The molecule has 0 aliphatic carbocycles. The highest BCUT2D eigenvalue weighted by Crippen LogP contribution is 2.32. The van der Waals surface area contributed by atoms with E-state index in [-0.39, 0.29) is 18.4 Å². The highest BCUT2D eigenvalue weighted by Gasteiger charge is 2.36. The van der Waals surface area contributed by atoms with Crippen molar-refractivity contribution in [2.75, 3.05) is 19.5 Å². The van der Waals surface area contributed by atoms with Gasteiger partial charge >= 0.3 is 0 Å². The number of nitrogens with two attached hydrogens (primary N) is 1. The highest BCUT2D eigenvalue weighted by molar-refractivity contribution is 5.77. The first kappa shape index (κ1) is 13.0. The maximum Gasteiger partial charge on any atom is 0.246 e. The summed E-state index contributed by atoms with van der Waals surface area (Å²) >= 11 is 0. The van der Waals surface area contributed by atoms with Crippen LogP contribution in [0.3, 0.4) is 0 Å². The first-order valence-electron chi connectivity index (χ1n) is 6.12. The van der Waals surface area contributed by atoms with Crippen LogP contribution in [0.2, 0.25) is 0 Å². The maximum atomic E-state index is 10.0. The predicted octanol–water partition coefficient (Wildman–Crippen LogP) is -0.942. The van der Waals surface area contributed by atoms with Gasteiger partial charge in [-0.25, -0.2) is 4.98 Å². The number of ether oxygens (including phenoxy) is 2. The monoisotopic (exact) mass is 281 g/mol. The lowest BCUT2D eigenvalue weighted by molar-refractivity contribution is -0.0486. The predicted molar refractivity (Wildman–Crippen MR) is 67.9 cm³/mol. The molecule has 0 spiro atoms. The van der Waals surface area contributed by atoms with Gasteiger partial charge in [-0.05, 0) is 0 Å². The summed E-state index contributed by atoms with van der Waals surface area (Å²) in [5.74, 6) is 0.305. The molecule has 9 heteroatoms. The van der Waals surface area contributed by atoms with Crippen molar-refractivity contribution in [3.05, 3.63) is 6.33 Å². The van der Waals surface area contributed by atoms with E-state index in [0.717, 1.165) is 0 Å². The molecule has 0 aromatic carbocycles. The first-order valence-corrected chi connectivity index (χ1v) is 6.12. The van der Waals surface area contributed by atoms with Crippen LogP contribution in [0.1, 0.15) is 12.6 Å². The van der Waals surface area contributed by atoms with Crippen LogP contribution in [0.4, 0.5) is 5.95 Å². The minimum Gasteiger partial charge on any atom is -0.479 e. The molecule has 1 aliphatic rings. The number of aliphatic hydroxyl groups excluding tert-OH is 2. The molecule has 0 amide bonds. The smallest absolute Gasteiger partial charge is 0.246 e. The van der Waals surface area contributed by atoms with Crippen LogP contribution in [0.15, 0.2) is 6.33 Å². The van der Waals surface area contributed by atoms with Crippen LogP contribution in [0, 0.1) is 0 Å². The van der Waals surface area contributed by atoms with E-state index in [9.17, 15) is 5.11 Å². The van der Waals surface area contributed by atoms with Gasteiger partial charge in [-0.2, -0.15) is 9.97 Å². The van der Waals surface area contributed by atoms with Crippen LogP contribution in [-0.2, 0) is 4.74 Å². The molecule has 20 heavy (non-hydrogen) atoms. The first-order chi connectivity index (χ1) is 9.63. The third-order valence-electron chi connectivity index (χ3n) is 3.24. The van der Waals surface area contributed by atoms with Crippen LogP contribution in [0.25, 0.3) is 11.2 Å². The Morgan fingerprint density at radius 2 is 2.35 bits per heavy atom. The SMILES string of the molecule is COc1nc(N)nc2c1ncn2[C@@H]1O[C@H](CO)C[C@H]1O. The van der Waals surface area contributed by atoms with Gasteiger partial charge in [-0.3, -0.25) is 4.57 Å².